The maximum absolute atomic E-state index is 13.5. The second-order valence-electron chi connectivity index (χ2n) is 8.89. The van der Waals surface area contributed by atoms with Gasteiger partial charge in [0, 0.05) is 26.2 Å². The fourth-order valence-electron chi connectivity index (χ4n) is 4.52. The van der Waals surface area contributed by atoms with Gasteiger partial charge in [0.15, 0.2) is 0 Å². The quantitative estimate of drug-likeness (QED) is 0.399. The number of carbonyl (C=O) groups excluding carboxylic acids is 2. The Balaban J connectivity index is 1.39. The van der Waals surface area contributed by atoms with E-state index in [4.69, 9.17) is 0 Å². The fourth-order valence-corrected chi connectivity index (χ4v) is 6.68. The van der Waals surface area contributed by atoms with Crippen molar-refractivity contribution in [3.05, 3.63) is 100 Å². The van der Waals surface area contributed by atoms with Crippen LogP contribution in [0, 0.1) is 11.3 Å². The van der Waals surface area contributed by atoms with E-state index in [-0.39, 0.29) is 42.5 Å². The van der Waals surface area contributed by atoms with E-state index in [1.54, 1.807) is 17.5 Å². The summed E-state index contributed by atoms with van der Waals surface area (Å²) in [6.07, 6.45) is 0. The van der Waals surface area contributed by atoms with Crippen molar-refractivity contribution in [3.8, 4) is 6.07 Å². The molecule has 0 saturated carbocycles. The van der Waals surface area contributed by atoms with Crippen LogP contribution in [0.4, 0.5) is 0 Å². The van der Waals surface area contributed by atoms with E-state index in [2.05, 4.69) is 5.32 Å². The zero-order valence-electron chi connectivity index (χ0n) is 20.3. The van der Waals surface area contributed by atoms with Gasteiger partial charge in [0.25, 0.3) is 5.91 Å². The summed E-state index contributed by atoms with van der Waals surface area (Å²) in [6.45, 7) is 0.130. The summed E-state index contributed by atoms with van der Waals surface area (Å²) >= 11 is 1.27. The fraction of sp³-hybridized carbons (Fsp3) is 0.179. The molecular formula is C28H24N4O4S2. The number of amides is 2. The second kappa shape index (κ2) is 10.8. The lowest BCUT2D eigenvalue weighted by Crippen LogP contribution is -2.61. The molecule has 1 atom stereocenters. The normalized spacial score (nSPS) is 16.2. The van der Waals surface area contributed by atoms with E-state index >= 15 is 0 Å². The lowest BCUT2D eigenvalue weighted by atomic mass is 10.1. The molecule has 38 heavy (non-hydrogen) atoms. The van der Waals surface area contributed by atoms with Crippen molar-refractivity contribution in [3.63, 3.8) is 0 Å². The minimum absolute atomic E-state index is 0.0232. The average molecular weight is 545 g/mol. The molecule has 1 saturated heterocycles. The summed E-state index contributed by atoms with van der Waals surface area (Å²) in [5, 5.41) is 16.0. The molecule has 0 spiro atoms. The van der Waals surface area contributed by atoms with Gasteiger partial charge in [-0.05, 0) is 52.0 Å². The van der Waals surface area contributed by atoms with Gasteiger partial charge in [-0.2, -0.15) is 9.57 Å². The minimum atomic E-state index is -3.99. The monoisotopic (exact) mass is 544 g/mol. The highest BCUT2D eigenvalue weighted by Gasteiger charge is 2.40. The van der Waals surface area contributed by atoms with Crippen LogP contribution >= 0.6 is 11.3 Å². The molecule has 1 aliphatic heterocycles. The molecule has 1 aliphatic rings. The van der Waals surface area contributed by atoms with Gasteiger partial charge in [-0.1, -0.05) is 48.5 Å². The van der Waals surface area contributed by atoms with Crippen molar-refractivity contribution in [1.29, 1.82) is 5.26 Å². The van der Waals surface area contributed by atoms with Crippen molar-refractivity contribution in [2.75, 3.05) is 19.6 Å². The lowest BCUT2D eigenvalue weighted by Gasteiger charge is -2.39. The molecule has 2 heterocycles. The Morgan fingerprint density at radius 3 is 2.55 bits per heavy atom. The van der Waals surface area contributed by atoms with E-state index in [0.29, 0.717) is 4.88 Å². The minimum Gasteiger partial charge on any atom is -0.350 e. The molecule has 1 fully saturated rings. The SMILES string of the molecule is N#Cc1cccc(S(=O)(=O)N2CCN(C(=O)c3cccs3)C(C(=O)NCc3ccc4ccccc4c3)C2)c1. The molecule has 0 radical (unpaired) electrons. The van der Waals surface area contributed by atoms with Gasteiger partial charge in [-0.15, -0.1) is 11.3 Å². The third-order valence-corrected chi connectivity index (χ3v) is 9.24. The van der Waals surface area contributed by atoms with Gasteiger partial charge in [0.1, 0.15) is 6.04 Å². The maximum atomic E-state index is 13.5. The number of fused-ring (bicyclic) bond motifs is 1. The number of carbonyl (C=O) groups is 2. The molecule has 0 bridgehead atoms. The Kier molecular flexibility index (Phi) is 7.24. The van der Waals surface area contributed by atoms with Crippen LogP contribution in [-0.2, 0) is 21.4 Å². The van der Waals surface area contributed by atoms with Crippen molar-refractivity contribution >= 4 is 43.9 Å². The Hall–Kier alpha value is -4.04. The first-order chi connectivity index (χ1) is 18.4. The number of nitrogens with zero attached hydrogens (tertiary/aromatic N) is 3. The van der Waals surface area contributed by atoms with Crippen LogP contribution in [0.3, 0.4) is 0 Å². The van der Waals surface area contributed by atoms with Crippen molar-refractivity contribution in [2.45, 2.75) is 17.5 Å². The third-order valence-electron chi connectivity index (χ3n) is 6.52. The number of piperazine rings is 1. The van der Waals surface area contributed by atoms with Crippen LogP contribution in [0.25, 0.3) is 10.8 Å². The van der Waals surface area contributed by atoms with Crippen molar-refractivity contribution in [2.24, 2.45) is 0 Å². The molecule has 8 nitrogen and oxygen atoms in total. The number of nitriles is 1. The molecular weight excluding hydrogens is 520 g/mol. The van der Waals surface area contributed by atoms with E-state index in [9.17, 15) is 23.3 Å². The van der Waals surface area contributed by atoms with Crippen LogP contribution in [0.1, 0.15) is 20.8 Å². The number of rotatable bonds is 6. The molecule has 1 unspecified atom stereocenters. The summed E-state index contributed by atoms with van der Waals surface area (Å²) in [5.41, 5.74) is 1.11. The van der Waals surface area contributed by atoms with Gasteiger partial charge >= 0.3 is 0 Å². The number of hydrogen-bond donors (Lipinski definition) is 1. The van der Waals surface area contributed by atoms with Gasteiger partial charge < -0.3 is 10.2 Å². The smallest absolute Gasteiger partial charge is 0.264 e. The predicted octanol–water partition coefficient (Wildman–Crippen LogP) is 3.60. The number of hydrogen-bond acceptors (Lipinski definition) is 6. The first-order valence-corrected chi connectivity index (χ1v) is 14.3. The largest absolute Gasteiger partial charge is 0.350 e. The van der Waals surface area contributed by atoms with E-state index in [1.165, 1.54) is 44.8 Å². The zero-order chi connectivity index (χ0) is 26.7. The predicted molar refractivity (Wildman–Crippen MR) is 145 cm³/mol. The molecule has 3 aromatic carbocycles. The van der Waals surface area contributed by atoms with Crippen molar-refractivity contribution < 1.29 is 18.0 Å². The molecule has 0 aliphatic carbocycles. The number of nitrogens with one attached hydrogen (secondary N) is 1. The summed E-state index contributed by atoms with van der Waals surface area (Å²) < 4.78 is 28.0. The Bertz CT molecular complexity index is 1640. The van der Waals surface area contributed by atoms with E-state index in [1.807, 2.05) is 48.5 Å². The van der Waals surface area contributed by atoms with Gasteiger partial charge in [-0.3, -0.25) is 9.59 Å². The highest BCUT2D eigenvalue weighted by atomic mass is 32.2. The van der Waals surface area contributed by atoms with Crippen LogP contribution in [0.5, 0.6) is 0 Å². The summed E-state index contributed by atoms with van der Waals surface area (Å²) in [5.74, 6) is -0.747. The third kappa shape index (κ3) is 5.17. The lowest BCUT2D eigenvalue weighted by molar-refractivity contribution is -0.127. The molecule has 5 rings (SSSR count). The Labute approximate surface area is 224 Å². The first-order valence-electron chi connectivity index (χ1n) is 12.0. The van der Waals surface area contributed by atoms with Gasteiger partial charge in [0.2, 0.25) is 15.9 Å². The summed E-state index contributed by atoms with van der Waals surface area (Å²) in [6, 6.07) is 24.0. The molecule has 192 valence electrons. The second-order valence-corrected chi connectivity index (χ2v) is 11.8. The van der Waals surface area contributed by atoms with Gasteiger partial charge in [-0.25, -0.2) is 8.42 Å². The topological polar surface area (TPSA) is 111 Å². The molecule has 4 aromatic rings. The average Bonchev–Trinajstić information content (AvgIpc) is 3.50. The van der Waals surface area contributed by atoms with Crippen LogP contribution in [-0.4, -0.2) is 55.1 Å². The highest BCUT2D eigenvalue weighted by Crippen LogP contribution is 2.24. The van der Waals surface area contributed by atoms with Crippen molar-refractivity contribution in [1.82, 2.24) is 14.5 Å². The van der Waals surface area contributed by atoms with Crippen LogP contribution < -0.4 is 5.32 Å². The standard InChI is InChI=1S/C28H24N4O4S2/c29-17-20-5-3-8-24(16-20)38(35,36)31-12-13-32(28(34)26-9-4-14-37-26)25(19-31)27(33)30-18-21-10-11-22-6-1-2-7-23(22)15-21/h1-11,14-16,25H,12-13,18-19H2,(H,30,33). The number of thiophene rings is 1. The van der Waals surface area contributed by atoms with Gasteiger partial charge in [0.05, 0.1) is 21.4 Å². The first kappa shape index (κ1) is 25.6. The number of benzene rings is 3. The maximum Gasteiger partial charge on any atom is 0.264 e. The number of sulfonamides is 1. The molecule has 1 aromatic heterocycles. The Morgan fingerprint density at radius 1 is 0.974 bits per heavy atom. The summed E-state index contributed by atoms with van der Waals surface area (Å²) in [7, 11) is -3.99. The summed E-state index contributed by atoms with van der Waals surface area (Å²) in [4.78, 5) is 28.6. The van der Waals surface area contributed by atoms with E-state index in [0.717, 1.165) is 16.3 Å². The Morgan fingerprint density at radius 2 is 1.79 bits per heavy atom. The molecule has 10 heteroatoms. The zero-order valence-corrected chi connectivity index (χ0v) is 21.9. The van der Waals surface area contributed by atoms with Crippen LogP contribution in [0.2, 0.25) is 0 Å². The highest BCUT2D eigenvalue weighted by molar-refractivity contribution is 7.89. The molecule has 1 N–H and O–H groups in total. The van der Waals surface area contributed by atoms with E-state index < -0.39 is 22.0 Å². The van der Waals surface area contributed by atoms with Crippen LogP contribution in [0.15, 0.2) is 89.1 Å². The molecule has 2 amide bonds.